The first-order chi connectivity index (χ1) is 7.74. The number of likely N-dealkylation sites (tertiary alicyclic amines) is 1. The fraction of sp³-hybridized carbons (Fsp3) is 0.769. The van der Waals surface area contributed by atoms with Crippen molar-refractivity contribution in [3.05, 3.63) is 12.7 Å². The standard InChI is InChI=1S/C13H24N2O/c1-3-8-12(2)14-11-13(16)15-9-6-4-5-7-10-15/h3,12,14H,1,4-11H2,2H3. The normalized spacial score (nSPS) is 18.9. The average Bonchev–Trinajstić information content (AvgIpc) is 2.55. The third-order valence-electron chi connectivity index (χ3n) is 3.08. The lowest BCUT2D eigenvalue weighted by Gasteiger charge is -2.21. The van der Waals surface area contributed by atoms with Crippen molar-refractivity contribution in [1.29, 1.82) is 0 Å². The van der Waals surface area contributed by atoms with Gasteiger partial charge in [-0.1, -0.05) is 18.9 Å². The topological polar surface area (TPSA) is 32.3 Å². The maximum atomic E-state index is 11.9. The Morgan fingerprint density at radius 2 is 2.00 bits per heavy atom. The molecule has 0 saturated carbocycles. The summed E-state index contributed by atoms with van der Waals surface area (Å²) in [5, 5.41) is 3.24. The van der Waals surface area contributed by atoms with E-state index in [-0.39, 0.29) is 5.91 Å². The van der Waals surface area contributed by atoms with Gasteiger partial charge in [0.25, 0.3) is 0 Å². The van der Waals surface area contributed by atoms with E-state index in [9.17, 15) is 4.79 Å². The van der Waals surface area contributed by atoms with Crippen LogP contribution in [0.1, 0.15) is 39.0 Å². The second kappa shape index (κ2) is 7.44. The Morgan fingerprint density at radius 1 is 1.38 bits per heavy atom. The highest BCUT2D eigenvalue weighted by molar-refractivity contribution is 5.78. The summed E-state index contributed by atoms with van der Waals surface area (Å²) in [4.78, 5) is 13.9. The highest BCUT2D eigenvalue weighted by Crippen LogP contribution is 2.09. The van der Waals surface area contributed by atoms with Gasteiger partial charge in [-0.3, -0.25) is 4.79 Å². The summed E-state index contributed by atoms with van der Waals surface area (Å²) in [7, 11) is 0. The number of amides is 1. The van der Waals surface area contributed by atoms with Gasteiger partial charge in [0, 0.05) is 19.1 Å². The van der Waals surface area contributed by atoms with Crippen molar-refractivity contribution < 1.29 is 4.79 Å². The Balaban J connectivity index is 2.24. The molecule has 1 unspecified atom stereocenters. The van der Waals surface area contributed by atoms with Crippen molar-refractivity contribution in [2.24, 2.45) is 0 Å². The van der Waals surface area contributed by atoms with E-state index >= 15 is 0 Å². The third kappa shape index (κ3) is 4.79. The van der Waals surface area contributed by atoms with Crippen LogP contribution in [-0.4, -0.2) is 36.5 Å². The molecule has 1 aliphatic rings. The summed E-state index contributed by atoms with van der Waals surface area (Å²) in [6.07, 6.45) is 7.65. The third-order valence-corrected chi connectivity index (χ3v) is 3.08. The van der Waals surface area contributed by atoms with Crippen LogP contribution in [0.15, 0.2) is 12.7 Å². The van der Waals surface area contributed by atoms with Crippen LogP contribution < -0.4 is 5.32 Å². The van der Waals surface area contributed by atoms with Crippen molar-refractivity contribution >= 4 is 5.91 Å². The predicted octanol–water partition coefficient (Wildman–Crippen LogP) is 1.94. The van der Waals surface area contributed by atoms with Crippen LogP contribution in [0.2, 0.25) is 0 Å². The second-order valence-electron chi connectivity index (χ2n) is 4.60. The lowest BCUT2D eigenvalue weighted by molar-refractivity contribution is -0.130. The molecule has 1 saturated heterocycles. The van der Waals surface area contributed by atoms with E-state index in [0.29, 0.717) is 12.6 Å². The van der Waals surface area contributed by atoms with Crippen LogP contribution in [0.4, 0.5) is 0 Å². The molecule has 1 heterocycles. The molecule has 0 aromatic carbocycles. The van der Waals surface area contributed by atoms with E-state index in [1.165, 1.54) is 12.8 Å². The molecular formula is C13H24N2O. The molecular weight excluding hydrogens is 200 g/mol. The number of nitrogens with one attached hydrogen (secondary N) is 1. The van der Waals surface area contributed by atoms with Crippen LogP contribution in [0, 0.1) is 0 Å². The van der Waals surface area contributed by atoms with E-state index in [4.69, 9.17) is 0 Å². The summed E-state index contributed by atoms with van der Waals surface area (Å²) < 4.78 is 0. The SMILES string of the molecule is C=CCC(C)NCC(=O)N1CCCCCC1. The Morgan fingerprint density at radius 3 is 2.56 bits per heavy atom. The molecule has 0 aromatic heterocycles. The zero-order valence-corrected chi connectivity index (χ0v) is 10.4. The van der Waals surface area contributed by atoms with Gasteiger partial charge in [0.05, 0.1) is 6.54 Å². The molecule has 0 aliphatic carbocycles. The number of nitrogens with zero attached hydrogens (tertiary/aromatic N) is 1. The minimum atomic E-state index is 0.248. The quantitative estimate of drug-likeness (QED) is 0.724. The van der Waals surface area contributed by atoms with E-state index in [0.717, 1.165) is 32.4 Å². The van der Waals surface area contributed by atoms with E-state index < -0.39 is 0 Å². The molecule has 1 atom stereocenters. The molecule has 1 fully saturated rings. The Kier molecular flexibility index (Phi) is 6.16. The Labute approximate surface area is 98.9 Å². The summed E-state index contributed by atoms with van der Waals surface area (Å²) in [5.74, 6) is 0.248. The van der Waals surface area contributed by atoms with Gasteiger partial charge in [0.15, 0.2) is 0 Å². The van der Waals surface area contributed by atoms with Crippen molar-refractivity contribution in [3.63, 3.8) is 0 Å². The average molecular weight is 224 g/mol. The van der Waals surface area contributed by atoms with E-state index in [1.807, 2.05) is 11.0 Å². The lowest BCUT2D eigenvalue weighted by Crippen LogP contribution is -2.41. The molecule has 1 aliphatic heterocycles. The van der Waals surface area contributed by atoms with Crippen LogP contribution in [0.5, 0.6) is 0 Å². The number of hydrogen-bond donors (Lipinski definition) is 1. The lowest BCUT2D eigenvalue weighted by atomic mass is 10.2. The second-order valence-corrected chi connectivity index (χ2v) is 4.60. The van der Waals surface area contributed by atoms with Gasteiger partial charge in [-0.15, -0.1) is 6.58 Å². The molecule has 0 bridgehead atoms. The minimum absolute atomic E-state index is 0.248. The van der Waals surface area contributed by atoms with Gasteiger partial charge in [0.2, 0.25) is 5.91 Å². The summed E-state index contributed by atoms with van der Waals surface area (Å²) in [6, 6.07) is 0.341. The molecule has 1 rings (SSSR count). The van der Waals surface area contributed by atoms with E-state index in [1.54, 1.807) is 0 Å². The van der Waals surface area contributed by atoms with Gasteiger partial charge < -0.3 is 10.2 Å². The fourth-order valence-electron chi connectivity index (χ4n) is 2.03. The number of rotatable bonds is 5. The monoisotopic (exact) mass is 224 g/mol. The van der Waals surface area contributed by atoms with E-state index in [2.05, 4.69) is 18.8 Å². The maximum absolute atomic E-state index is 11.9. The zero-order valence-electron chi connectivity index (χ0n) is 10.4. The van der Waals surface area contributed by atoms with Gasteiger partial charge in [-0.2, -0.15) is 0 Å². The first-order valence-corrected chi connectivity index (χ1v) is 6.36. The van der Waals surface area contributed by atoms with Gasteiger partial charge in [0.1, 0.15) is 0 Å². The largest absolute Gasteiger partial charge is 0.342 e. The first-order valence-electron chi connectivity index (χ1n) is 6.36. The fourth-order valence-corrected chi connectivity index (χ4v) is 2.03. The Hall–Kier alpha value is -0.830. The molecule has 3 heteroatoms. The summed E-state index contributed by atoms with van der Waals surface area (Å²) in [5.41, 5.74) is 0. The molecule has 92 valence electrons. The zero-order chi connectivity index (χ0) is 11.8. The summed E-state index contributed by atoms with van der Waals surface area (Å²) in [6.45, 7) is 8.12. The summed E-state index contributed by atoms with van der Waals surface area (Å²) >= 11 is 0. The smallest absolute Gasteiger partial charge is 0.236 e. The van der Waals surface area contributed by atoms with Crippen LogP contribution in [0.25, 0.3) is 0 Å². The molecule has 0 radical (unpaired) electrons. The molecule has 3 nitrogen and oxygen atoms in total. The van der Waals surface area contributed by atoms with Gasteiger partial charge >= 0.3 is 0 Å². The van der Waals surface area contributed by atoms with Crippen molar-refractivity contribution in [2.45, 2.75) is 45.1 Å². The van der Waals surface area contributed by atoms with Gasteiger partial charge in [-0.05, 0) is 26.2 Å². The number of carbonyl (C=O) groups excluding carboxylic acids is 1. The van der Waals surface area contributed by atoms with Gasteiger partial charge in [-0.25, -0.2) is 0 Å². The molecule has 1 amide bonds. The number of carbonyl (C=O) groups is 1. The van der Waals surface area contributed by atoms with Crippen LogP contribution in [0.3, 0.4) is 0 Å². The first kappa shape index (κ1) is 13.2. The minimum Gasteiger partial charge on any atom is -0.342 e. The van der Waals surface area contributed by atoms with Crippen LogP contribution >= 0.6 is 0 Å². The molecule has 1 N–H and O–H groups in total. The molecule has 0 aromatic rings. The predicted molar refractivity (Wildman–Crippen MR) is 67.3 cm³/mol. The van der Waals surface area contributed by atoms with Crippen molar-refractivity contribution in [2.75, 3.05) is 19.6 Å². The van der Waals surface area contributed by atoms with Crippen molar-refractivity contribution in [3.8, 4) is 0 Å². The maximum Gasteiger partial charge on any atom is 0.236 e. The van der Waals surface area contributed by atoms with Crippen LogP contribution in [-0.2, 0) is 4.79 Å². The number of hydrogen-bond acceptors (Lipinski definition) is 2. The highest BCUT2D eigenvalue weighted by atomic mass is 16.2. The highest BCUT2D eigenvalue weighted by Gasteiger charge is 2.15. The molecule has 16 heavy (non-hydrogen) atoms. The van der Waals surface area contributed by atoms with Crippen molar-refractivity contribution in [1.82, 2.24) is 10.2 Å². The Bertz CT molecular complexity index is 220. The molecule has 0 spiro atoms.